The summed E-state index contributed by atoms with van der Waals surface area (Å²) in [5.41, 5.74) is 2.63. The monoisotopic (exact) mass is 278 g/mol. The Balaban J connectivity index is 2.30. The first-order chi connectivity index (χ1) is 9.13. The van der Waals surface area contributed by atoms with Crippen LogP contribution in [0.3, 0.4) is 0 Å². The van der Waals surface area contributed by atoms with Gasteiger partial charge >= 0.3 is 0 Å². The molecule has 1 N–H and O–H groups in total. The number of nitrogens with one attached hydrogen (secondary N) is 1. The van der Waals surface area contributed by atoms with E-state index < -0.39 is 0 Å². The van der Waals surface area contributed by atoms with Crippen LogP contribution < -0.4 is 5.32 Å². The fraction of sp³-hybridized carbons (Fsp3) is 0.267. The molecule has 19 heavy (non-hydrogen) atoms. The van der Waals surface area contributed by atoms with Crippen molar-refractivity contribution in [3.63, 3.8) is 0 Å². The number of pyridine rings is 1. The molecule has 2 nitrogen and oxygen atoms in total. The number of likely N-dealkylation sites (N-methyl/N-ethyl adjacent to an activating group) is 1. The quantitative estimate of drug-likeness (QED) is 0.923. The van der Waals surface area contributed by atoms with Gasteiger partial charge in [0.25, 0.3) is 0 Å². The molecule has 2 rings (SSSR count). The molecule has 0 aliphatic heterocycles. The van der Waals surface area contributed by atoms with E-state index in [2.05, 4.69) is 10.3 Å². The number of nitrogens with zero attached hydrogens (tertiary/aromatic N) is 1. The molecule has 0 bridgehead atoms. The smallest absolute Gasteiger partial charge is 0.145 e. The molecule has 0 aliphatic rings. The van der Waals surface area contributed by atoms with Crippen molar-refractivity contribution in [1.82, 2.24) is 10.3 Å². The van der Waals surface area contributed by atoms with Crippen LogP contribution in [0.5, 0.6) is 0 Å². The first-order valence-electron chi connectivity index (χ1n) is 6.15. The van der Waals surface area contributed by atoms with Crippen LogP contribution in [0.15, 0.2) is 36.5 Å². The SMILES string of the molecule is CNC(Cc1cccc(Cl)c1F)c1cccnc1C. The highest BCUT2D eigenvalue weighted by molar-refractivity contribution is 6.30. The van der Waals surface area contributed by atoms with Gasteiger partial charge in [0, 0.05) is 17.9 Å². The average molecular weight is 279 g/mol. The lowest BCUT2D eigenvalue weighted by Gasteiger charge is -2.18. The average Bonchev–Trinajstić information content (AvgIpc) is 2.41. The Kier molecular flexibility index (Phi) is 4.51. The van der Waals surface area contributed by atoms with Gasteiger partial charge in [-0.3, -0.25) is 4.98 Å². The highest BCUT2D eigenvalue weighted by Gasteiger charge is 2.16. The van der Waals surface area contributed by atoms with Gasteiger partial charge in [0.1, 0.15) is 5.82 Å². The molecule has 0 saturated heterocycles. The Hall–Kier alpha value is -1.45. The van der Waals surface area contributed by atoms with Gasteiger partial charge in [-0.2, -0.15) is 0 Å². The van der Waals surface area contributed by atoms with Crippen molar-refractivity contribution in [1.29, 1.82) is 0 Å². The zero-order chi connectivity index (χ0) is 13.8. The van der Waals surface area contributed by atoms with Crippen molar-refractivity contribution in [3.05, 3.63) is 64.2 Å². The first kappa shape index (κ1) is 14.0. The van der Waals surface area contributed by atoms with Crippen molar-refractivity contribution in [3.8, 4) is 0 Å². The molecule has 4 heteroatoms. The van der Waals surface area contributed by atoms with Crippen LogP contribution in [0.1, 0.15) is 22.9 Å². The molecule has 0 amide bonds. The lowest BCUT2D eigenvalue weighted by molar-refractivity contribution is 0.551. The van der Waals surface area contributed by atoms with Crippen molar-refractivity contribution < 1.29 is 4.39 Å². The van der Waals surface area contributed by atoms with E-state index in [0.717, 1.165) is 11.3 Å². The summed E-state index contributed by atoms with van der Waals surface area (Å²) in [4.78, 5) is 4.27. The van der Waals surface area contributed by atoms with Crippen molar-refractivity contribution in [2.24, 2.45) is 0 Å². The molecule has 0 radical (unpaired) electrons. The highest BCUT2D eigenvalue weighted by Crippen LogP contribution is 2.24. The summed E-state index contributed by atoms with van der Waals surface area (Å²) >= 11 is 5.81. The predicted molar refractivity (Wildman–Crippen MR) is 75.9 cm³/mol. The molecule has 0 aliphatic carbocycles. The van der Waals surface area contributed by atoms with E-state index in [1.165, 1.54) is 0 Å². The van der Waals surface area contributed by atoms with Gasteiger partial charge in [-0.25, -0.2) is 4.39 Å². The van der Waals surface area contributed by atoms with E-state index in [1.54, 1.807) is 24.4 Å². The predicted octanol–water partition coefficient (Wildman–Crippen LogP) is 3.69. The van der Waals surface area contributed by atoms with E-state index in [-0.39, 0.29) is 16.9 Å². The maximum absolute atomic E-state index is 13.9. The van der Waals surface area contributed by atoms with E-state index >= 15 is 0 Å². The Morgan fingerprint density at radius 3 is 2.79 bits per heavy atom. The minimum absolute atomic E-state index is 0.0154. The lowest BCUT2D eigenvalue weighted by Crippen LogP contribution is -2.20. The standard InChI is InChI=1S/C15H16ClFN2/c1-10-12(6-4-8-19-10)14(18-2)9-11-5-3-7-13(16)15(11)17/h3-8,14,18H,9H2,1-2H3. The van der Waals surface area contributed by atoms with E-state index in [9.17, 15) is 4.39 Å². The van der Waals surface area contributed by atoms with Gasteiger partial charge < -0.3 is 5.32 Å². The third-order valence-corrected chi connectivity index (χ3v) is 3.52. The number of aryl methyl sites for hydroxylation is 1. The molecule has 1 aromatic carbocycles. The second kappa shape index (κ2) is 6.13. The van der Waals surface area contributed by atoms with Crippen LogP contribution in [0, 0.1) is 12.7 Å². The van der Waals surface area contributed by atoms with Gasteiger partial charge in [-0.1, -0.05) is 29.8 Å². The van der Waals surface area contributed by atoms with Crippen molar-refractivity contribution in [2.45, 2.75) is 19.4 Å². The lowest BCUT2D eigenvalue weighted by atomic mass is 9.98. The van der Waals surface area contributed by atoms with Gasteiger partial charge in [0.2, 0.25) is 0 Å². The molecule has 0 fully saturated rings. The number of halogens is 2. The van der Waals surface area contributed by atoms with E-state index in [4.69, 9.17) is 11.6 Å². The fourth-order valence-electron chi connectivity index (χ4n) is 2.16. The Bertz CT molecular complexity index is 572. The van der Waals surface area contributed by atoms with Crippen molar-refractivity contribution in [2.75, 3.05) is 7.05 Å². The topological polar surface area (TPSA) is 24.9 Å². The number of rotatable bonds is 4. The van der Waals surface area contributed by atoms with Gasteiger partial charge in [0.05, 0.1) is 5.02 Å². The summed E-state index contributed by atoms with van der Waals surface area (Å²) in [6.45, 7) is 1.95. The van der Waals surface area contributed by atoms with Gasteiger partial charge in [-0.15, -0.1) is 0 Å². The van der Waals surface area contributed by atoms with Crippen LogP contribution >= 0.6 is 11.6 Å². The molecular weight excluding hydrogens is 263 g/mol. The minimum atomic E-state index is -0.342. The van der Waals surface area contributed by atoms with Crippen LogP contribution in [-0.4, -0.2) is 12.0 Å². The number of benzene rings is 1. The van der Waals surface area contributed by atoms with Gasteiger partial charge in [0.15, 0.2) is 0 Å². The third kappa shape index (κ3) is 3.11. The fourth-order valence-corrected chi connectivity index (χ4v) is 2.35. The van der Waals surface area contributed by atoms with Crippen LogP contribution in [-0.2, 0) is 6.42 Å². The summed E-state index contributed by atoms with van der Waals surface area (Å²) in [6, 6.07) is 9.00. The molecule has 1 aromatic heterocycles. The van der Waals surface area contributed by atoms with E-state index in [1.807, 2.05) is 26.1 Å². The summed E-state index contributed by atoms with van der Waals surface area (Å²) in [5, 5.41) is 3.37. The molecule has 1 atom stereocenters. The Labute approximate surface area is 117 Å². The summed E-state index contributed by atoms with van der Waals surface area (Å²) in [6.07, 6.45) is 2.29. The summed E-state index contributed by atoms with van der Waals surface area (Å²) in [7, 11) is 1.86. The van der Waals surface area contributed by atoms with E-state index in [0.29, 0.717) is 12.0 Å². The molecule has 0 spiro atoms. The third-order valence-electron chi connectivity index (χ3n) is 3.23. The molecular formula is C15H16ClFN2. The minimum Gasteiger partial charge on any atom is -0.313 e. The molecule has 0 saturated carbocycles. The van der Waals surface area contributed by atoms with Gasteiger partial charge in [-0.05, 0) is 43.7 Å². The first-order valence-corrected chi connectivity index (χ1v) is 6.53. The molecule has 100 valence electrons. The molecule has 1 unspecified atom stereocenters. The van der Waals surface area contributed by atoms with Crippen LogP contribution in [0.25, 0.3) is 0 Å². The van der Waals surface area contributed by atoms with Crippen LogP contribution in [0.2, 0.25) is 5.02 Å². The van der Waals surface area contributed by atoms with Crippen LogP contribution in [0.4, 0.5) is 4.39 Å². The maximum Gasteiger partial charge on any atom is 0.145 e. The largest absolute Gasteiger partial charge is 0.313 e. The van der Waals surface area contributed by atoms with Crippen molar-refractivity contribution >= 4 is 11.6 Å². The number of hydrogen-bond donors (Lipinski definition) is 1. The molecule has 2 aromatic rings. The highest BCUT2D eigenvalue weighted by atomic mass is 35.5. The Morgan fingerprint density at radius 1 is 1.32 bits per heavy atom. The maximum atomic E-state index is 13.9. The second-order valence-corrected chi connectivity index (χ2v) is 4.84. The Morgan fingerprint density at radius 2 is 2.11 bits per heavy atom. The zero-order valence-corrected chi connectivity index (χ0v) is 11.7. The molecule has 1 heterocycles. The number of hydrogen-bond acceptors (Lipinski definition) is 2. The zero-order valence-electron chi connectivity index (χ0n) is 11.0. The normalized spacial score (nSPS) is 12.4. The summed E-state index contributed by atoms with van der Waals surface area (Å²) < 4.78 is 13.9. The summed E-state index contributed by atoms with van der Waals surface area (Å²) in [5.74, 6) is -0.342. The number of aromatic nitrogens is 1. The second-order valence-electron chi connectivity index (χ2n) is 4.44.